The molecule has 0 saturated carbocycles. The van der Waals surface area contributed by atoms with Crippen molar-refractivity contribution < 1.29 is 18.7 Å². The number of nitrogens with zero attached hydrogens (tertiary/aromatic N) is 2. The Morgan fingerprint density at radius 2 is 1.77 bits per heavy atom. The first-order valence-corrected chi connectivity index (χ1v) is 10.1. The number of nitrogens with one attached hydrogen (secondary N) is 2. The summed E-state index contributed by atoms with van der Waals surface area (Å²) in [6.45, 7) is 1.93. The van der Waals surface area contributed by atoms with E-state index in [2.05, 4.69) is 20.8 Å². The number of carbonyl (C=O) groups excluding carboxylic acids is 2. The number of ether oxygens (including phenoxy) is 1. The Morgan fingerprint density at radius 1 is 0.968 bits per heavy atom. The fraction of sp³-hybridized carbons (Fsp3) is 0.0909. The predicted octanol–water partition coefficient (Wildman–Crippen LogP) is 4.62. The van der Waals surface area contributed by atoms with Crippen molar-refractivity contribution in [3.63, 3.8) is 0 Å². The molecule has 8 nitrogen and oxygen atoms in total. The van der Waals surface area contributed by atoms with E-state index in [-0.39, 0.29) is 17.8 Å². The van der Waals surface area contributed by atoms with Crippen molar-refractivity contribution in [2.24, 2.45) is 0 Å². The Morgan fingerprint density at radius 3 is 2.48 bits per heavy atom. The van der Waals surface area contributed by atoms with Crippen LogP contribution in [0.25, 0.3) is 11.5 Å². The second-order valence-electron chi connectivity index (χ2n) is 6.54. The predicted molar refractivity (Wildman–Crippen MR) is 118 cm³/mol. The molecule has 0 spiro atoms. The van der Waals surface area contributed by atoms with Crippen LogP contribution in [0.5, 0.6) is 5.75 Å². The van der Waals surface area contributed by atoms with Crippen molar-refractivity contribution in [2.75, 3.05) is 17.7 Å². The van der Waals surface area contributed by atoms with Gasteiger partial charge in [-0.3, -0.25) is 14.9 Å². The summed E-state index contributed by atoms with van der Waals surface area (Å²) in [5.41, 5.74) is 1.54. The molecule has 2 aromatic carbocycles. The zero-order valence-corrected chi connectivity index (χ0v) is 17.5. The van der Waals surface area contributed by atoms with Crippen LogP contribution in [0.1, 0.15) is 24.9 Å². The average Bonchev–Trinajstić information content (AvgIpc) is 3.43. The van der Waals surface area contributed by atoms with Gasteiger partial charge in [-0.25, -0.2) is 0 Å². The number of thiophene rings is 1. The number of aryl methyl sites for hydroxylation is 1. The van der Waals surface area contributed by atoms with E-state index in [1.165, 1.54) is 11.3 Å². The van der Waals surface area contributed by atoms with E-state index < -0.39 is 5.91 Å². The van der Waals surface area contributed by atoms with Gasteiger partial charge in [-0.05, 0) is 61.5 Å². The minimum atomic E-state index is -0.437. The lowest BCUT2D eigenvalue weighted by molar-refractivity contribution is 0.101. The molecule has 2 heterocycles. The van der Waals surface area contributed by atoms with Gasteiger partial charge in [-0.15, -0.1) is 16.4 Å². The number of anilines is 2. The van der Waals surface area contributed by atoms with E-state index >= 15 is 0 Å². The monoisotopic (exact) mass is 434 g/mol. The van der Waals surface area contributed by atoms with E-state index in [0.717, 1.165) is 4.88 Å². The Bertz CT molecular complexity index is 1230. The summed E-state index contributed by atoms with van der Waals surface area (Å²) >= 11 is 1.40. The van der Waals surface area contributed by atoms with Crippen LogP contribution < -0.4 is 15.4 Å². The lowest BCUT2D eigenvalue weighted by Crippen LogP contribution is -2.14. The molecule has 0 unspecified atom stereocenters. The van der Waals surface area contributed by atoms with Crippen LogP contribution in [0.4, 0.5) is 11.7 Å². The Hall–Kier alpha value is -3.98. The molecule has 156 valence electrons. The normalized spacial score (nSPS) is 10.5. The number of amides is 2. The van der Waals surface area contributed by atoms with E-state index in [4.69, 9.17) is 9.15 Å². The van der Waals surface area contributed by atoms with Crippen molar-refractivity contribution in [2.45, 2.75) is 6.92 Å². The second-order valence-corrected chi connectivity index (χ2v) is 7.83. The van der Waals surface area contributed by atoms with Crippen LogP contribution in [-0.2, 0) is 0 Å². The maximum absolute atomic E-state index is 12.6. The Kier molecular flexibility index (Phi) is 5.76. The van der Waals surface area contributed by atoms with Gasteiger partial charge in [0.1, 0.15) is 5.75 Å². The van der Waals surface area contributed by atoms with Gasteiger partial charge in [-0.1, -0.05) is 11.2 Å². The van der Waals surface area contributed by atoms with E-state index in [0.29, 0.717) is 27.4 Å². The van der Waals surface area contributed by atoms with Crippen molar-refractivity contribution in [3.8, 4) is 17.2 Å². The molecule has 0 saturated heterocycles. The Labute approximate surface area is 181 Å². The maximum Gasteiger partial charge on any atom is 0.322 e. The van der Waals surface area contributed by atoms with Crippen LogP contribution in [0.15, 0.2) is 65.1 Å². The highest BCUT2D eigenvalue weighted by Gasteiger charge is 2.14. The summed E-state index contributed by atoms with van der Waals surface area (Å²) in [6, 6.07) is 17.3. The zero-order chi connectivity index (χ0) is 21.8. The van der Waals surface area contributed by atoms with Gasteiger partial charge in [0, 0.05) is 21.7 Å². The minimum Gasteiger partial charge on any atom is -0.497 e. The highest BCUT2D eigenvalue weighted by atomic mass is 32.1. The van der Waals surface area contributed by atoms with Crippen molar-refractivity contribution in [3.05, 3.63) is 76.0 Å². The molecule has 0 atom stereocenters. The fourth-order valence-corrected chi connectivity index (χ4v) is 3.54. The van der Waals surface area contributed by atoms with Crippen LogP contribution in [0.2, 0.25) is 0 Å². The maximum atomic E-state index is 12.6. The summed E-state index contributed by atoms with van der Waals surface area (Å²) in [4.78, 5) is 26.6. The third kappa shape index (κ3) is 4.78. The summed E-state index contributed by atoms with van der Waals surface area (Å²) in [5, 5.41) is 13.2. The highest BCUT2D eigenvalue weighted by molar-refractivity contribution is 7.14. The van der Waals surface area contributed by atoms with Crippen LogP contribution in [0.3, 0.4) is 0 Å². The lowest BCUT2D eigenvalue weighted by atomic mass is 10.2. The van der Waals surface area contributed by atoms with Crippen LogP contribution in [-0.4, -0.2) is 29.1 Å². The molecule has 4 rings (SSSR count). The molecule has 0 aliphatic carbocycles. The number of hydrogen-bond donors (Lipinski definition) is 2. The number of methoxy groups -OCH3 is 1. The summed E-state index contributed by atoms with van der Waals surface area (Å²) in [5.74, 6) is 0.313. The summed E-state index contributed by atoms with van der Waals surface area (Å²) < 4.78 is 10.6. The van der Waals surface area contributed by atoms with Crippen LogP contribution >= 0.6 is 11.3 Å². The molecule has 2 N–H and O–H groups in total. The molecule has 2 amide bonds. The number of rotatable bonds is 6. The molecule has 4 aromatic rings. The largest absolute Gasteiger partial charge is 0.497 e. The smallest absolute Gasteiger partial charge is 0.322 e. The first-order valence-electron chi connectivity index (χ1n) is 9.29. The van der Waals surface area contributed by atoms with Crippen molar-refractivity contribution in [1.82, 2.24) is 10.2 Å². The second kappa shape index (κ2) is 8.80. The van der Waals surface area contributed by atoms with Crippen molar-refractivity contribution >= 4 is 34.9 Å². The van der Waals surface area contributed by atoms with Gasteiger partial charge >= 0.3 is 6.01 Å². The van der Waals surface area contributed by atoms with Crippen molar-refractivity contribution in [1.29, 1.82) is 0 Å². The van der Waals surface area contributed by atoms with Gasteiger partial charge < -0.3 is 14.5 Å². The molecule has 2 aromatic heterocycles. The number of benzene rings is 2. The number of aromatic nitrogens is 2. The summed E-state index contributed by atoms with van der Waals surface area (Å²) in [7, 11) is 1.58. The Balaban J connectivity index is 1.43. The zero-order valence-electron chi connectivity index (χ0n) is 16.7. The molecule has 0 aliphatic rings. The molecule has 9 heteroatoms. The third-order valence-corrected chi connectivity index (χ3v) is 5.33. The standard InChI is InChI=1S/C22H18N4O4S/c1-13-6-11-18(31-13)20(28)23-16-5-3-4-15(12-16)19(27)24-22-26-25-21(30-22)14-7-9-17(29-2)10-8-14/h3-12H,1-2H3,(H,23,28)(H,24,26,27). The summed E-state index contributed by atoms with van der Waals surface area (Å²) in [6.07, 6.45) is 0. The van der Waals surface area contributed by atoms with E-state index in [9.17, 15) is 9.59 Å². The lowest BCUT2D eigenvalue weighted by Gasteiger charge is -2.06. The van der Waals surface area contributed by atoms with Gasteiger partial charge in [-0.2, -0.15) is 0 Å². The average molecular weight is 434 g/mol. The third-order valence-electron chi connectivity index (χ3n) is 4.33. The molecule has 31 heavy (non-hydrogen) atoms. The first kappa shape index (κ1) is 20.3. The van der Waals surface area contributed by atoms with Gasteiger partial charge in [0.2, 0.25) is 5.89 Å². The van der Waals surface area contributed by atoms with E-state index in [1.807, 2.05) is 13.0 Å². The quantitative estimate of drug-likeness (QED) is 0.459. The van der Waals surface area contributed by atoms with Gasteiger partial charge in [0.25, 0.3) is 11.8 Å². The highest BCUT2D eigenvalue weighted by Crippen LogP contribution is 2.23. The first-order chi connectivity index (χ1) is 15.0. The molecule has 0 radical (unpaired) electrons. The van der Waals surface area contributed by atoms with Gasteiger partial charge in [0.15, 0.2) is 0 Å². The molecular weight excluding hydrogens is 416 g/mol. The number of hydrogen-bond acceptors (Lipinski definition) is 7. The SMILES string of the molecule is COc1ccc(-c2nnc(NC(=O)c3cccc(NC(=O)c4ccc(C)s4)c3)o2)cc1. The fourth-order valence-electron chi connectivity index (χ4n) is 2.78. The molecule has 0 aliphatic heterocycles. The molecule has 0 bridgehead atoms. The number of carbonyl (C=O) groups is 2. The van der Waals surface area contributed by atoms with E-state index in [1.54, 1.807) is 61.7 Å². The minimum absolute atomic E-state index is 0.0284. The molecule has 0 fully saturated rings. The molecular formula is C22H18N4O4S. The topological polar surface area (TPSA) is 106 Å². The van der Waals surface area contributed by atoms with Gasteiger partial charge in [0.05, 0.1) is 12.0 Å². The van der Waals surface area contributed by atoms with Crippen LogP contribution in [0, 0.1) is 6.92 Å².